The fraction of sp³-hybridized carbons (Fsp3) is 0.583. The van der Waals surface area contributed by atoms with Crippen LogP contribution < -0.4 is 5.32 Å². The molecule has 0 aliphatic carbocycles. The molecule has 0 amide bonds. The van der Waals surface area contributed by atoms with Gasteiger partial charge < -0.3 is 5.32 Å². The molecule has 0 aromatic carbocycles. The van der Waals surface area contributed by atoms with Gasteiger partial charge in [-0.15, -0.1) is 0 Å². The van der Waals surface area contributed by atoms with E-state index in [0.29, 0.717) is 16.8 Å². The molecule has 0 spiro atoms. The first kappa shape index (κ1) is 14.7. The van der Waals surface area contributed by atoms with E-state index in [1.165, 1.54) is 0 Å². The number of pyridine rings is 1. The molecular weight excluding hydrogens is 330 g/mol. The maximum atomic E-state index is 12.8. The van der Waals surface area contributed by atoms with E-state index in [1.54, 1.807) is 23.6 Å². The van der Waals surface area contributed by atoms with Crippen LogP contribution in [0.15, 0.2) is 21.6 Å². The van der Waals surface area contributed by atoms with Crippen molar-refractivity contribution in [1.29, 1.82) is 0 Å². The van der Waals surface area contributed by atoms with Gasteiger partial charge in [0, 0.05) is 30.3 Å². The third kappa shape index (κ3) is 2.78. The van der Waals surface area contributed by atoms with E-state index >= 15 is 0 Å². The summed E-state index contributed by atoms with van der Waals surface area (Å²) in [6.45, 7) is 2.62. The Morgan fingerprint density at radius 1 is 1.58 bits per heavy atom. The van der Waals surface area contributed by atoms with E-state index < -0.39 is 10.0 Å². The molecule has 0 radical (unpaired) electrons. The second-order valence-electron chi connectivity index (χ2n) is 4.57. The van der Waals surface area contributed by atoms with Gasteiger partial charge in [0.1, 0.15) is 10.7 Å². The molecule has 1 aliphatic heterocycles. The molecule has 0 saturated carbocycles. The highest BCUT2D eigenvalue weighted by molar-refractivity contribution is 9.10. The number of hydrogen-bond acceptors (Lipinski definition) is 4. The van der Waals surface area contributed by atoms with Crippen molar-refractivity contribution in [3.05, 3.63) is 16.7 Å². The number of hydrogen-bond donors (Lipinski definition) is 1. The van der Waals surface area contributed by atoms with Crippen molar-refractivity contribution in [2.45, 2.75) is 37.1 Å². The van der Waals surface area contributed by atoms with Crippen LogP contribution in [-0.2, 0) is 10.0 Å². The summed E-state index contributed by atoms with van der Waals surface area (Å²) in [5.74, 6) is 0.393. The van der Waals surface area contributed by atoms with Crippen molar-refractivity contribution in [2.75, 3.05) is 18.9 Å². The van der Waals surface area contributed by atoms with Gasteiger partial charge >= 0.3 is 0 Å². The molecule has 1 aromatic rings. The van der Waals surface area contributed by atoms with E-state index in [2.05, 4.69) is 26.2 Å². The summed E-state index contributed by atoms with van der Waals surface area (Å²) >= 11 is 3.29. The van der Waals surface area contributed by atoms with Crippen LogP contribution in [0, 0.1) is 0 Å². The van der Waals surface area contributed by atoms with Crippen LogP contribution in [0.3, 0.4) is 0 Å². The lowest BCUT2D eigenvalue weighted by atomic mass is 10.2. The van der Waals surface area contributed by atoms with E-state index in [0.717, 1.165) is 19.3 Å². The Morgan fingerprint density at radius 3 is 2.95 bits per heavy atom. The quantitative estimate of drug-likeness (QED) is 0.908. The highest BCUT2D eigenvalue weighted by Crippen LogP contribution is 2.31. The normalized spacial score (nSPS) is 20.7. The fourth-order valence-corrected chi connectivity index (χ4v) is 4.89. The first-order valence-corrected chi connectivity index (χ1v) is 8.59. The lowest BCUT2D eigenvalue weighted by Gasteiger charge is -2.24. The predicted octanol–water partition coefficient (Wildman–Crippen LogP) is 2.45. The molecule has 5 nitrogen and oxygen atoms in total. The zero-order valence-electron chi connectivity index (χ0n) is 11.1. The highest BCUT2D eigenvalue weighted by Gasteiger charge is 2.35. The van der Waals surface area contributed by atoms with Crippen molar-refractivity contribution in [3.63, 3.8) is 0 Å². The second kappa shape index (κ2) is 5.76. The molecule has 1 aliphatic rings. The molecule has 1 fully saturated rings. The second-order valence-corrected chi connectivity index (χ2v) is 7.34. The molecule has 1 unspecified atom stereocenters. The van der Waals surface area contributed by atoms with Crippen molar-refractivity contribution < 1.29 is 8.42 Å². The maximum Gasteiger partial charge on any atom is 0.247 e. The van der Waals surface area contributed by atoms with Crippen molar-refractivity contribution in [2.24, 2.45) is 0 Å². The van der Waals surface area contributed by atoms with Gasteiger partial charge in [0.25, 0.3) is 0 Å². The molecule has 1 saturated heterocycles. The molecule has 19 heavy (non-hydrogen) atoms. The van der Waals surface area contributed by atoms with Gasteiger partial charge in [-0.3, -0.25) is 0 Å². The molecule has 0 bridgehead atoms. The van der Waals surface area contributed by atoms with Crippen molar-refractivity contribution in [3.8, 4) is 0 Å². The first-order valence-electron chi connectivity index (χ1n) is 6.35. The van der Waals surface area contributed by atoms with E-state index in [1.807, 2.05) is 6.92 Å². The first-order chi connectivity index (χ1) is 9.00. The average Bonchev–Trinajstić information content (AvgIpc) is 2.87. The summed E-state index contributed by atoms with van der Waals surface area (Å²) in [7, 11) is -1.81. The Balaban J connectivity index is 2.47. The number of halogens is 1. The Bertz CT molecular complexity index is 562. The van der Waals surface area contributed by atoms with Crippen LogP contribution in [0.1, 0.15) is 26.2 Å². The monoisotopic (exact) mass is 347 g/mol. The molecular formula is C12H18BrN3O2S. The highest BCUT2D eigenvalue weighted by atomic mass is 79.9. The van der Waals surface area contributed by atoms with E-state index in [9.17, 15) is 8.42 Å². The summed E-state index contributed by atoms with van der Waals surface area (Å²) < 4.78 is 27.8. The summed E-state index contributed by atoms with van der Waals surface area (Å²) in [6.07, 6.45) is 4.29. The maximum absolute atomic E-state index is 12.8. The molecule has 2 rings (SSSR count). The van der Waals surface area contributed by atoms with E-state index in [4.69, 9.17) is 0 Å². The molecule has 2 heterocycles. The summed E-state index contributed by atoms with van der Waals surface area (Å²) in [5, 5.41) is 2.85. The number of nitrogens with zero attached hydrogens (tertiary/aromatic N) is 2. The molecule has 1 aromatic heterocycles. The third-order valence-corrected chi connectivity index (χ3v) is 5.84. The van der Waals surface area contributed by atoms with Crippen LogP contribution in [0.2, 0.25) is 0 Å². The van der Waals surface area contributed by atoms with Gasteiger partial charge in [-0.2, -0.15) is 4.31 Å². The number of rotatable bonds is 4. The number of nitrogens with one attached hydrogen (secondary N) is 1. The van der Waals surface area contributed by atoms with Crippen LogP contribution in [0.5, 0.6) is 0 Å². The minimum atomic E-state index is -3.49. The van der Waals surface area contributed by atoms with Crippen LogP contribution in [0.4, 0.5) is 5.82 Å². The topological polar surface area (TPSA) is 62.3 Å². The van der Waals surface area contributed by atoms with Crippen molar-refractivity contribution >= 4 is 31.8 Å². The van der Waals surface area contributed by atoms with Crippen LogP contribution in [-0.4, -0.2) is 37.3 Å². The Labute approximate surface area is 122 Å². The van der Waals surface area contributed by atoms with Crippen LogP contribution >= 0.6 is 15.9 Å². The van der Waals surface area contributed by atoms with Crippen molar-refractivity contribution in [1.82, 2.24) is 9.29 Å². The van der Waals surface area contributed by atoms with Gasteiger partial charge in [-0.05, 0) is 41.3 Å². The Hall–Kier alpha value is -0.660. The van der Waals surface area contributed by atoms with Gasteiger partial charge in [-0.25, -0.2) is 13.4 Å². The zero-order valence-corrected chi connectivity index (χ0v) is 13.5. The lowest BCUT2D eigenvalue weighted by Crippen LogP contribution is -2.35. The molecule has 1 N–H and O–H groups in total. The Morgan fingerprint density at radius 2 is 2.32 bits per heavy atom. The number of aromatic nitrogens is 1. The van der Waals surface area contributed by atoms with Gasteiger partial charge in [0.15, 0.2) is 0 Å². The Kier molecular flexibility index (Phi) is 4.47. The smallest absolute Gasteiger partial charge is 0.247 e. The fourth-order valence-electron chi connectivity index (χ4n) is 2.46. The predicted molar refractivity (Wildman–Crippen MR) is 78.7 cm³/mol. The molecule has 7 heteroatoms. The lowest BCUT2D eigenvalue weighted by molar-refractivity contribution is 0.379. The molecule has 1 atom stereocenters. The van der Waals surface area contributed by atoms with E-state index in [-0.39, 0.29) is 10.9 Å². The number of sulfonamides is 1. The van der Waals surface area contributed by atoms with Gasteiger partial charge in [0.2, 0.25) is 10.0 Å². The van der Waals surface area contributed by atoms with Crippen LogP contribution in [0.25, 0.3) is 0 Å². The minimum Gasteiger partial charge on any atom is -0.372 e. The molecule has 106 valence electrons. The average molecular weight is 348 g/mol. The summed E-state index contributed by atoms with van der Waals surface area (Å²) in [5.41, 5.74) is 0. The van der Waals surface area contributed by atoms with Gasteiger partial charge in [-0.1, -0.05) is 6.92 Å². The minimum absolute atomic E-state index is 0.105. The summed E-state index contributed by atoms with van der Waals surface area (Å²) in [4.78, 5) is 4.36. The third-order valence-electron chi connectivity index (χ3n) is 3.44. The standard InChI is InChI=1S/C12H18BrN3O2S/c1-3-10-5-4-6-16(10)19(17,18)11-7-9(13)8-15-12(11)14-2/h7-8,10H,3-6H2,1-2H3,(H,14,15). The zero-order chi connectivity index (χ0) is 14.0. The van der Waals surface area contributed by atoms with Gasteiger partial charge in [0.05, 0.1) is 0 Å². The summed E-state index contributed by atoms with van der Waals surface area (Å²) in [6, 6.07) is 1.72. The largest absolute Gasteiger partial charge is 0.372 e. The number of anilines is 1. The SMILES string of the molecule is CCC1CCCN1S(=O)(=O)c1cc(Br)cnc1NC.